The number of benzene rings is 1. The van der Waals surface area contributed by atoms with Gasteiger partial charge in [-0.2, -0.15) is 0 Å². The normalized spacial score (nSPS) is 18.1. The molecule has 0 saturated carbocycles. The molecule has 0 spiro atoms. The molecule has 0 bridgehead atoms. The molecule has 2 amide bonds. The number of fused-ring (bicyclic) bond motifs is 1. The molecule has 5 nitrogen and oxygen atoms in total. The first kappa shape index (κ1) is 15.6. The van der Waals surface area contributed by atoms with Crippen molar-refractivity contribution in [3.8, 4) is 0 Å². The molecule has 2 N–H and O–H groups in total. The Labute approximate surface area is 136 Å². The second kappa shape index (κ2) is 6.44. The lowest BCUT2D eigenvalue weighted by molar-refractivity contribution is -0.135. The summed E-state index contributed by atoms with van der Waals surface area (Å²) in [5.41, 5.74) is 2.10. The van der Waals surface area contributed by atoms with Crippen molar-refractivity contribution in [1.29, 1.82) is 0 Å². The maximum absolute atomic E-state index is 12.4. The SMILES string of the molecule is CC(C)CNC(=O)C1CCC(=O)N1Cc1c[nH]c2ccccc12. The van der Waals surface area contributed by atoms with Gasteiger partial charge in [0.1, 0.15) is 6.04 Å². The number of amides is 2. The number of para-hydroxylation sites is 1. The van der Waals surface area contributed by atoms with Gasteiger partial charge in [-0.15, -0.1) is 0 Å². The summed E-state index contributed by atoms with van der Waals surface area (Å²) in [5.74, 6) is 0.419. The van der Waals surface area contributed by atoms with E-state index in [-0.39, 0.29) is 17.9 Å². The maximum Gasteiger partial charge on any atom is 0.242 e. The fourth-order valence-corrected chi connectivity index (χ4v) is 3.07. The van der Waals surface area contributed by atoms with Gasteiger partial charge in [-0.1, -0.05) is 32.0 Å². The molecule has 1 aliphatic heterocycles. The molecular formula is C18H23N3O2. The van der Waals surface area contributed by atoms with Crippen LogP contribution in [0.4, 0.5) is 0 Å². The largest absolute Gasteiger partial charge is 0.361 e. The first-order chi connectivity index (χ1) is 11.1. The Morgan fingerprint density at radius 1 is 1.39 bits per heavy atom. The second-order valence-electron chi connectivity index (χ2n) is 6.57. The van der Waals surface area contributed by atoms with Crippen LogP contribution in [0.3, 0.4) is 0 Å². The van der Waals surface area contributed by atoms with Crippen LogP contribution in [0.15, 0.2) is 30.5 Å². The van der Waals surface area contributed by atoms with Crippen molar-refractivity contribution < 1.29 is 9.59 Å². The van der Waals surface area contributed by atoms with Gasteiger partial charge in [0.15, 0.2) is 0 Å². The van der Waals surface area contributed by atoms with Gasteiger partial charge in [0.2, 0.25) is 11.8 Å². The summed E-state index contributed by atoms with van der Waals surface area (Å²) < 4.78 is 0. The summed E-state index contributed by atoms with van der Waals surface area (Å²) in [6.45, 7) is 5.24. The van der Waals surface area contributed by atoms with Gasteiger partial charge in [0.05, 0.1) is 0 Å². The number of nitrogens with one attached hydrogen (secondary N) is 2. The molecule has 1 aliphatic rings. The van der Waals surface area contributed by atoms with Crippen LogP contribution in [0.1, 0.15) is 32.3 Å². The van der Waals surface area contributed by atoms with Crippen molar-refractivity contribution in [1.82, 2.24) is 15.2 Å². The van der Waals surface area contributed by atoms with Gasteiger partial charge in [0, 0.05) is 36.6 Å². The minimum atomic E-state index is -0.352. The minimum Gasteiger partial charge on any atom is -0.361 e. The number of H-pyrrole nitrogens is 1. The monoisotopic (exact) mass is 313 g/mol. The third kappa shape index (κ3) is 3.23. The molecule has 122 valence electrons. The van der Waals surface area contributed by atoms with Crippen molar-refractivity contribution in [2.24, 2.45) is 5.92 Å². The number of hydrogen-bond donors (Lipinski definition) is 2. The fourth-order valence-electron chi connectivity index (χ4n) is 3.07. The Morgan fingerprint density at radius 2 is 2.17 bits per heavy atom. The van der Waals surface area contributed by atoms with Crippen molar-refractivity contribution in [2.75, 3.05) is 6.54 Å². The number of carbonyl (C=O) groups is 2. The van der Waals surface area contributed by atoms with Crippen molar-refractivity contribution in [2.45, 2.75) is 39.3 Å². The summed E-state index contributed by atoms with van der Waals surface area (Å²) in [7, 11) is 0. The first-order valence-electron chi connectivity index (χ1n) is 8.18. The van der Waals surface area contributed by atoms with E-state index >= 15 is 0 Å². The number of rotatable bonds is 5. The standard InChI is InChI=1S/C18H23N3O2/c1-12(2)9-20-18(23)16-7-8-17(22)21(16)11-13-10-19-15-6-4-3-5-14(13)15/h3-6,10,12,16,19H,7-9,11H2,1-2H3,(H,20,23). The van der Waals surface area contributed by atoms with E-state index in [9.17, 15) is 9.59 Å². The van der Waals surface area contributed by atoms with Gasteiger partial charge in [-0.05, 0) is 24.0 Å². The third-order valence-corrected chi connectivity index (χ3v) is 4.33. The number of carbonyl (C=O) groups excluding carboxylic acids is 2. The Morgan fingerprint density at radius 3 is 2.96 bits per heavy atom. The average Bonchev–Trinajstić information content (AvgIpc) is 3.10. The molecule has 5 heteroatoms. The average molecular weight is 313 g/mol. The highest BCUT2D eigenvalue weighted by atomic mass is 16.2. The first-order valence-corrected chi connectivity index (χ1v) is 8.18. The van der Waals surface area contributed by atoms with E-state index in [0.29, 0.717) is 31.8 Å². The summed E-state index contributed by atoms with van der Waals surface area (Å²) in [6, 6.07) is 7.66. The van der Waals surface area contributed by atoms with Crippen LogP contribution in [0.2, 0.25) is 0 Å². The van der Waals surface area contributed by atoms with Crippen LogP contribution in [-0.2, 0) is 16.1 Å². The van der Waals surface area contributed by atoms with E-state index in [0.717, 1.165) is 16.5 Å². The van der Waals surface area contributed by atoms with Crippen LogP contribution < -0.4 is 5.32 Å². The van der Waals surface area contributed by atoms with E-state index < -0.39 is 0 Å². The number of nitrogens with zero attached hydrogens (tertiary/aromatic N) is 1. The van der Waals surface area contributed by atoms with Crippen LogP contribution in [0, 0.1) is 5.92 Å². The molecule has 1 fully saturated rings. The van der Waals surface area contributed by atoms with E-state index in [2.05, 4.69) is 24.1 Å². The molecule has 1 aromatic carbocycles. The van der Waals surface area contributed by atoms with E-state index in [1.165, 1.54) is 0 Å². The fraction of sp³-hybridized carbons (Fsp3) is 0.444. The summed E-state index contributed by atoms with van der Waals surface area (Å²) in [5, 5.41) is 4.06. The molecule has 1 unspecified atom stereocenters. The molecular weight excluding hydrogens is 290 g/mol. The molecule has 0 aliphatic carbocycles. The van der Waals surface area contributed by atoms with E-state index in [1.54, 1.807) is 4.90 Å². The predicted molar refractivity (Wildman–Crippen MR) is 89.7 cm³/mol. The zero-order valence-electron chi connectivity index (χ0n) is 13.6. The molecule has 2 aromatic rings. The van der Waals surface area contributed by atoms with Crippen molar-refractivity contribution in [3.05, 3.63) is 36.0 Å². The highest BCUT2D eigenvalue weighted by Crippen LogP contribution is 2.25. The van der Waals surface area contributed by atoms with Gasteiger partial charge < -0.3 is 15.2 Å². The van der Waals surface area contributed by atoms with Gasteiger partial charge in [0.25, 0.3) is 0 Å². The second-order valence-corrected chi connectivity index (χ2v) is 6.57. The van der Waals surface area contributed by atoms with Crippen molar-refractivity contribution in [3.63, 3.8) is 0 Å². The quantitative estimate of drug-likeness (QED) is 0.890. The molecule has 1 aromatic heterocycles. The zero-order valence-corrected chi connectivity index (χ0v) is 13.6. The number of aromatic amines is 1. The molecule has 2 heterocycles. The third-order valence-electron chi connectivity index (χ3n) is 4.33. The molecule has 1 atom stereocenters. The Bertz CT molecular complexity index is 720. The molecule has 3 rings (SSSR count). The Kier molecular flexibility index (Phi) is 4.37. The number of hydrogen-bond acceptors (Lipinski definition) is 2. The minimum absolute atomic E-state index is 0.0376. The summed E-state index contributed by atoms with van der Waals surface area (Å²) in [6.07, 6.45) is 2.98. The lowest BCUT2D eigenvalue weighted by atomic mass is 10.1. The van der Waals surface area contributed by atoms with Crippen molar-refractivity contribution >= 4 is 22.7 Å². The number of aromatic nitrogens is 1. The maximum atomic E-state index is 12.4. The number of likely N-dealkylation sites (tertiary alicyclic amines) is 1. The van der Waals surface area contributed by atoms with E-state index in [1.807, 2.05) is 30.5 Å². The molecule has 23 heavy (non-hydrogen) atoms. The van der Waals surface area contributed by atoms with Gasteiger partial charge >= 0.3 is 0 Å². The van der Waals surface area contributed by atoms with E-state index in [4.69, 9.17) is 0 Å². The molecule has 0 radical (unpaired) electrons. The van der Waals surface area contributed by atoms with Crippen LogP contribution in [-0.4, -0.2) is 34.3 Å². The summed E-state index contributed by atoms with van der Waals surface area (Å²) in [4.78, 5) is 29.5. The molecule has 1 saturated heterocycles. The van der Waals surface area contributed by atoms with Crippen LogP contribution in [0.25, 0.3) is 10.9 Å². The van der Waals surface area contributed by atoms with Crippen LogP contribution in [0.5, 0.6) is 0 Å². The van der Waals surface area contributed by atoms with Gasteiger partial charge in [-0.3, -0.25) is 9.59 Å². The van der Waals surface area contributed by atoms with Gasteiger partial charge in [-0.25, -0.2) is 0 Å². The Balaban J connectivity index is 1.76. The van der Waals surface area contributed by atoms with Crippen LogP contribution >= 0.6 is 0 Å². The highest BCUT2D eigenvalue weighted by Gasteiger charge is 2.36. The lowest BCUT2D eigenvalue weighted by Gasteiger charge is -2.24. The zero-order chi connectivity index (χ0) is 16.4. The summed E-state index contributed by atoms with van der Waals surface area (Å²) >= 11 is 0. The highest BCUT2D eigenvalue weighted by molar-refractivity contribution is 5.91. The predicted octanol–water partition coefficient (Wildman–Crippen LogP) is 2.43. The Hall–Kier alpha value is -2.30. The lowest BCUT2D eigenvalue weighted by Crippen LogP contribution is -2.45. The smallest absolute Gasteiger partial charge is 0.242 e. The topological polar surface area (TPSA) is 65.2 Å².